The van der Waals surface area contributed by atoms with Crippen LogP contribution in [0.25, 0.3) is 0 Å². The fourth-order valence-corrected chi connectivity index (χ4v) is 1.76. The Kier molecular flexibility index (Phi) is 4.43. The maximum atomic E-state index is 11.6. The van der Waals surface area contributed by atoms with Crippen LogP contribution in [0.3, 0.4) is 0 Å². The highest BCUT2D eigenvalue weighted by Crippen LogP contribution is 2.30. The largest absolute Gasteiger partial charge is 0.351 e. The quantitative estimate of drug-likeness (QED) is 0.813. The highest BCUT2D eigenvalue weighted by atomic mass is 35.5. The van der Waals surface area contributed by atoms with Gasteiger partial charge >= 0.3 is 0 Å². The zero-order valence-electron chi connectivity index (χ0n) is 10.8. The molecule has 0 aromatic heterocycles. The van der Waals surface area contributed by atoms with Gasteiger partial charge in [0.05, 0.1) is 0 Å². The Morgan fingerprint density at radius 3 is 2.79 bits per heavy atom. The molecule has 0 radical (unpaired) electrons. The van der Waals surface area contributed by atoms with Crippen LogP contribution in [-0.2, 0) is 16.1 Å². The summed E-state index contributed by atoms with van der Waals surface area (Å²) in [6.07, 6.45) is 1.96. The fourth-order valence-electron chi connectivity index (χ4n) is 1.68. The first-order valence-corrected chi connectivity index (χ1v) is 6.81. The average Bonchev–Trinajstić information content (AvgIpc) is 3.20. The standard InChI is InChI=1S/C14H17ClN2O2/c1-9(15)13(18)16-8-10-3-2-4-12(7-10)17-14(19)11-5-6-11/h2-4,7,9,11H,5-6,8H2,1H3,(H,16,18)(H,17,19). The minimum absolute atomic E-state index is 0.0792. The predicted octanol–water partition coefficient (Wildman–Crippen LogP) is 2.28. The number of anilines is 1. The zero-order chi connectivity index (χ0) is 13.8. The minimum atomic E-state index is -0.544. The van der Waals surface area contributed by atoms with Crippen molar-refractivity contribution in [1.29, 1.82) is 0 Å². The number of halogens is 1. The van der Waals surface area contributed by atoms with E-state index in [0.29, 0.717) is 6.54 Å². The summed E-state index contributed by atoms with van der Waals surface area (Å²) in [5.74, 6) is 0.0603. The molecule has 1 aromatic carbocycles. The van der Waals surface area contributed by atoms with Crippen LogP contribution in [0.1, 0.15) is 25.3 Å². The molecule has 1 saturated carbocycles. The van der Waals surface area contributed by atoms with E-state index in [2.05, 4.69) is 10.6 Å². The lowest BCUT2D eigenvalue weighted by Crippen LogP contribution is -2.29. The Balaban J connectivity index is 1.90. The van der Waals surface area contributed by atoms with Gasteiger partial charge < -0.3 is 10.6 Å². The summed E-state index contributed by atoms with van der Waals surface area (Å²) in [6, 6.07) is 7.45. The molecule has 102 valence electrons. The number of alkyl halides is 1. The van der Waals surface area contributed by atoms with E-state index in [-0.39, 0.29) is 17.7 Å². The molecule has 1 unspecified atom stereocenters. The topological polar surface area (TPSA) is 58.2 Å². The SMILES string of the molecule is CC(Cl)C(=O)NCc1cccc(NC(=O)C2CC2)c1. The summed E-state index contributed by atoms with van der Waals surface area (Å²) in [4.78, 5) is 23.0. The number of nitrogens with one attached hydrogen (secondary N) is 2. The van der Waals surface area contributed by atoms with E-state index in [4.69, 9.17) is 11.6 Å². The Morgan fingerprint density at radius 2 is 2.16 bits per heavy atom. The third-order valence-corrected chi connectivity index (χ3v) is 3.17. The molecular weight excluding hydrogens is 264 g/mol. The van der Waals surface area contributed by atoms with Crippen molar-refractivity contribution in [3.63, 3.8) is 0 Å². The first-order valence-electron chi connectivity index (χ1n) is 6.38. The average molecular weight is 281 g/mol. The van der Waals surface area contributed by atoms with E-state index >= 15 is 0 Å². The number of benzene rings is 1. The maximum Gasteiger partial charge on any atom is 0.238 e. The Morgan fingerprint density at radius 1 is 1.42 bits per heavy atom. The van der Waals surface area contributed by atoms with Crippen molar-refractivity contribution in [2.75, 3.05) is 5.32 Å². The second-order valence-corrected chi connectivity index (χ2v) is 5.45. The number of amides is 2. The van der Waals surface area contributed by atoms with Crippen molar-refractivity contribution in [3.8, 4) is 0 Å². The second-order valence-electron chi connectivity index (χ2n) is 4.80. The van der Waals surface area contributed by atoms with Crippen LogP contribution < -0.4 is 10.6 Å². The van der Waals surface area contributed by atoms with E-state index in [1.807, 2.05) is 24.3 Å². The number of hydrogen-bond donors (Lipinski definition) is 2. The molecule has 1 aliphatic rings. The zero-order valence-corrected chi connectivity index (χ0v) is 11.5. The van der Waals surface area contributed by atoms with Gasteiger partial charge in [0.2, 0.25) is 11.8 Å². The van der Waals surface area contributed by atoms with Gasteiger partial charge in [-0.2, -0.15) is 0 Å². The van der Waals surface area contributed by atoms with Gasteiger partial charge in [0.25, 0.3) is 0 Å². The highest BCUT2D eigenvalue weighted by molar-refractivity contribution is 6.30. The highest BCUT2D eigenvalue weighted by Gasteiger charge is 2.29. The van der Waals surface area contributed by atoms with Gasteiger partial charge in [-0.05, 0) is 37.5 Å². The van der Waals surface area contributed by atoms with Crippen LogP contribution >= 0.6 is 11.6 Å². The fraction of sp³-hybridized carbons (Fsp3) is 0.429. The Hall–Kier alpha value is -1.55. The normalized spacial score (nSPS) is 15.7. The summed E-state index contributed by atoms with van der Waals surface area (Å²) in [5.41, 5.74) is 1.70. The molecule has 0 saturated heterocycles. The van der Waals surface area contributed by atoms with Crippen molar-refractivity contribution in [2.24, 2.45) is 5.92 Å². The van der Waals surface area contributed by atoms with Gasteiger partial charge in [-0.1, -0.05) is 12.1 Å². The molecule has 2 N–H and O–H groups in total. The molecule has 1 aromatic rings. The molecule has 4 nitrogen and oxygen atoms in total. The predicted molar refractivity (Wildman–Crippen MR) is 75.0 cm³/mol. The monoisotopic (exact) mass is 280 g/mol. The van der Waals surface area contributed by atoms with E-state index in [9.17, 15) is 9.59 Å². The Labute approximate surface area is 117 Å². The van der Waals surface area contributed by atoms with Gasteiger partial charge in [0.15, 0.2) is 0 Å². The second kappa shape index (κ2) is 6.06. The number of rotatable bonds is 5. The third-order valence-electron chi connectivity index (χ3n) is 2.97. The molecule has 2 rings (SSSR count). The molecule has 1 aliphatic carbocycles. The third kappa shape index (κ3) is 4.24. The molecule has 0 spiro atoms. The maximum absolute atomic E-state index is 11.6. The van der Waals surface area contributed by atoms with Crippen molar-refractivity contribution in [2.45, 2.75) is 31.7 Å². The summed E-state index contributed by atoms with van der Waals surface area (Å²) in [6.45, 7) is 2.03. The van der Waals surface area contributed by atoms with Gasteiger partial charge in [-0.25, -0.2) is 0 Å². The minimum Gasteiger partial charge on any atom is -0.351 e. The molecule has 5 heteroatoms. The van der Waals surface area contributed by atoms with Gasteiger partial charge in [0, 0.05) is 18.2 Å². The van der Waals surface area contributed by atoms with Crippen molar-refractivity contribution in [1.82, 2.24) is 5.32 Å². The van der Waals surface area contributed by atoms with E-state index < -0.39 is 5.38 Å². The number of carbonyl (C=O) groups is 2. The van der Waals surface area contributed by atoms with Gasteiger partial charge in [-0.3, -0.25) is 9.59 Å². The van der Waals surface area contributed by atoms with Crippen LogP contribution in [0.4, 0.5) is 5.69 Å². The van der Waals surface area contributed by atoms with E-state index in [1.165, 1.54) is 0 Å². The van der Waals surface area contributed by atoms with Crippen molar-refractivity contribution >= 4 is 29.1 Å². The first-order chi connectivity index (χ1) is 9.06. The number of hydrogen-bond acceptors (Lipinski definition) is 2. The Bertz CT molecular complexity index is 484. The molecule has 0 bridgehead atoms. The summed E-state index contributed by atoms with van der Waals surface area (Å²) in [5, 5.41) is 5.06. The molecule has 2 amide bonds. The van der Waals surface area contributed by atoms with Crippen LogP contribution in [0.5, 0.6) is 0 Å². The summed E-state index contributed by atoms with van der Waals surface area (Å²) < 4.78 is 0. The van der Waals surface area contributed by atoms with Gasteiger partial charge in [-0.15, -0.1) is 11.6 Å². The molecule has 19 heavy (non-hydrogen) atoms. The van der Waals surface area contributed by atoms with Crippen LogP contribution in [0.2, 0.25) is 0 Å². The van der Waals surface area contributed by atoms with E-state index in [0.717, 1.165) is 24.1 Å². The first kappa shape index (κ1) is 13.9. The molecule has 1 fully saturated rings. The van der Waals surface area contributed by atoms with Crippen LogP contribution in [0, 0.1) is 5.92 Å². The van der Waals surface area contributed by atoms with Gasteiger partial charge in [0.1, 0.15) is 5.38 Å². The number of carbonyl (C=O) groups excluding carboxylic acids is 2. The lowest BCUT2D eigenvalue weighted by molar-refractivity contribution is -0.120. The molecule has 1 atom stereocenters. The molecular formula is C14H17ClN2O2. The lowest BCUT2D eigenvalue weighted by Gasteiger charge is -2.09. The van der Waals surface area contributed by atoms with Crippen molar-refractivity contribution in [3.05, 3.63) is 29.8 Å². The van der Waals surface area contributed by atoms with E-state index in [1.54, 1.807) is 6.92 Å². The lowest BCUT2D eigenvalue weighted by atomic mass is 10.2. The smallest absolute Gasteiger partial charge is 0.238 e. The molecule has 0 aliphatic heterocycles. The summed E-state index contributed by atoms with van der Waals surface area (Å²) >= 11 is 5.67. The summed E-state index contributed by atoms with van der Waals surface area (Å²) in [7, 11) is 0. The molecule has 0 heterocycles. The van der Waals surface area contributed by atoms with Crippen molar-refractivity contribution < 1.29 is 9.59 Å². The van der Waals surface area contributed by atoms with Crippen LogP contribution in [-0.4, -0.2) is 17.2 Å². The van der Waals surface area contributed by atoms with Crippen LogP contribution in [0.15, 0.2) is 24.3 Å².